The van der Waals surface area contributed by atoms with Crippen LogP contribution in [0.3, 0.4) is 0 Å². The highest BCUT2D eigenvalue weighted by Gasteiger charge is 2.12. The lowest BCUT2D eigenvalue weighted by Crippen LogP contribution is -2.30. The van der Waals surface area contributed by atoms with Crippen LogP contribution in [0.15, 0.2) is 30.3 Å². The monoisotopic (exact) mass is 299 g/mol. The molecule has 0 unspecified atom stereocenters. The molecule has 0 radical (unpaired) electrons. The van der Waals surface area contributed by atoms with E-state index < -0.39 is 0 Å². The first-order valence-electron chi connectivity index (χ1n) is 7.43. The van der Waals surface area contributed by atoms with Crippen LogP contribution in [0.4, 0.5) is 0 Å². The Bertz CT molecular complexity index is 629. The smallest absolute Gasteiger partial charge is 0.322 e. The van der Waals surface area contributed by atoms with E-state index in [-0.39, 0.29) is 5.91 Å². The van der Waals surface area contributed by atoms with Gasteiger partial charge in [-0.2, -0.15) is 0 Å². The molecule has 1 aromatic carbocycles. The van der Waals surface area contributed by atoms with E-state index in [4.69, 9.17) is 4.74 Å². The molecular weight excluding hydrogens is 278 g/mol. The van der Waals surface area contributed by atoms with E-state index in [9.17, 15) is 4.79 Å². The normalized spacial score (nSPS) is 10.4. The molecule has 116 valence electrons. The number of hydrogen-bond acceptors (Lipinski definition) is 4. The predicted molar refractivity (Wildman–Crippen MR) is 85.3 cm³/mol. The van der Waals surface area contributed by atoms with Gasteiger partial charge in [0.1, 0.15) is 5.75 Å². The van der Waals surface area contributed by atoms with Crippen LogP contribution in [0.2, 0.25) is 0 Å². The zero-order chi connectivity index (χ0) is 16.1. The molecule has 0 saturated carbocycles. The van der Waals surface area contributed by atoms with Crippen molar-refractivity contribution in [1.82, 2.24) is 14.9 Å². The Hall–Kier alpha value is -2.43. The van der Waals surface area contributed by atoms with Gasteiger partial charge in [0.2, 0.25) is 0 Å². The van der Waals surface area contributed by atoms with Crippen LogP contribution >= 0.6 is 0 Å². The first-order chi connectivity index (χ1) is 10.5. The molecule has 0 saturated heterocycles. The second-order valence-electron chi connectivity index (χ2n) is 5.04. The van der Waals surface area contributed by atoms with Crippen molar-refractivity contribution in [3.05, 3.63) is 47.3 Å². The molecule has 0 fully saturated rings. The second kappa shape index (κ2) is 7.02. The summed E-state index contributed by atoms with van der Waals surface area (Å²) >= 11 is 0. The molecule has 0 N–H and O–H groups in total. The molecule has 2 aromatic rings. The minimum absolute atomic E-state index is 0.0270. The minimum atomic E-state index is 0.0270. The van der Waals surface area contributed by atoms with Crippen LogP contribution in [0.1, 0.15) is 35.6 Å². The molecule has 5 nitrogen and oxygen atoms in total. The molecule has 1 aromatic heterocycles. The SMILES string of the molecule is CCN(CC)C(=O)c1ccc(Oc2nc(C)cc(C)n2)cc1. The Morgan fingerprint density at radius 1 is 1.05 bits per heavy atom. The number of nitrogens with zero attached hydrogens (tertiary/aromatic N) is 3. The highest BCUT2D eigenvalue weighted by atomic mass is 16.5. The average Bonchev–Trinajstić information content (AvgIpc) is 2.48. The number of carbonyl (C=O) groups excluding carboxylic acids is 1. The summed E-state index contributed by atoms with van der Waals surface area (Å²) in [5.41, 5.74) is 2.36. The van der Waals surface area contributed by atoms with Crippen LogP contribution in [-0.2, 0) is 0 Å². The van der Waals surface area contributed by atoms with Crippen LogP contribution < -0.4 is 4.74 Å². The van der Waals surface area contributed by atoms with E-state index in [0.717, 1.165) is 11.4 Å². The Balaban J connectivity index is 2.13. The summed E-state index contributed by atoms with van der Waals surface area (Å²) in [5.74, 6) is 0.639. The van der Waals surface area contributed by atoms with Crippen molar-refractivity contribution < 1.29 is 9.53 Å². The van der Waals surface area contributed by atoms with Crippen molar-refractivity contribution in [3.8, 4) is 11.8 Å². The highest BCUT2D eigenvalue weighted by Crippen LogP contribution is 2.19. The summed E-state index contributed by atoms with van der Waals surface area (Å²) in [6.45, 7) is 9.13. The summed E-state index contributed by atoms with van der Waals surface area (Å²) in [7, 11) is 0. The van der Waals surface area contributed by atoms with Crippen LogP contribution in [0, 0.1) is 13.8 Å². The van der Waals surface area contributed by atoms with E-state index in [0.29, 0.717) is 30.4 Å². The number of ether oxygens (including phenoxy) is 1. The highest BCUT2D eigenvalue weighted by molar-refractivity contribution is 5.94. The van der Waals surface area contributed by atoms with Gasteiger partial charge in [0.15, 0.2) is 0 Å². The van der Waals surface area contributed by atoms with Crippen molar-refractivity contribution in [2.45, 2.75) is 27.7 Å². The quantitative estimate of drug-likeness (QED) is 0.849. The van der Waals surface area contributed by atoms with Gasteiger partial charge >= 0.3 is 6.01 Å². The van der Waals surface area contributed by atoms with Crippen molar-refractivity contribution in [2.75, 3.05) is 13.1 Å². The molecule has 0 bridgehead atoms. The maximum Gasteiger partial charge on any atom is 0.322 e. The summed E-state index contributed by atoms with van der Waals surface area (Å²) in [6.07, 6.45) is 0. The van der Waals surface area contributed by atoms with Gasteiger partial charge in [-0.25, -0.2) is 9.97 Å². The summed E-state index contributed by atoms with van der Waals surface area (Å²) < 4.78 is 5.64. The van der Waals surface area contributed by atoms with Gasteiger partial charge in [-0.15, -0.1) is 0 Å². The fourth-order valence-electron chi connectivity index (χ4n) is 2.20. The van der Waals surface area contributed by atoms with E-state index in [1.165, 1.54) is 0 Å². The molecule has 5 heteroatoms. The maximum absolute atomic E-state index is 12.2. The number of benzene rings is 1. The molecule has 22 heavy (non-hydrogen) atoms. The summed E-state index contributed by atoms with van der Waals surface area (Å²) in [4.78, 5) is 22.5. The third-order valence-electron chi connectivity index (χ3n) is 3.32. The average molecular weight is 299 g/mol. The molecular formula is C17H21N3O2. The third-order valence-corrected chi connectivity index (χ3v) is 3.32. The Morgan fingerprint density at radius 2 is 1.59 bits per heavy atom. The van der Waals surface area contributed by atoms with E-state index in [1.807, 2.05) is 33.8 Å². The van der Waals surface area contributed by atoms with Gasteiger partial charge in [0.05, 0.1) is 0 Å². The molecule has 1 heterocycles. The van der Waals surface area contributed by atoms with Gasteiger partial charge in [-0.1, -0.05) is 0 Å². The molecule has 0 aliphatic carbocycles. The first kappa shape index (κ1) is 15.9. The molecule has 2 rings (SSSR count). The largest absolute Gasteiger partial charge is 0.424 e. The second-order valence-corrected chi connectivity index (χ2v) is 5.04. The Morgan fingerprint density at radius 3 is 2.09 bits per heavy atom. The fourth-order valence-corrected chi connectivity index (χ4v) is 2.20. The summed E-state index contributed by atoms with van der Waals surface area (Å²) in [6, 6.07) is 9.26. The number of amides is 1. The Labute approximate surface area is 131 Å². The standard InChI is InChI=1S/C17H21N3O2/c1-5-20(6-2)16(21)14-7-9-15(10-8-14)22-17-18-12(3)11-13(4)19-17/h7-11H,5-6H2,1-4H3. The molecule has 0 aliphatic rings. The van der Waals surface area contributed by atoms with Crippen molar-refractivity contribution >= 4 is 5.91 Å². The number of carbonyl (C=O) groups is 1. The van der Waals surface area contributed by atoms with E-state index in [1.54, 1.807) is 29.2 Å². The lowest BCUT2D eigenvalue weighted by molar-refractivity contribution is 0.0773. The van der Waals surface area contributed by atoms with Gasteiger partial charge in [0, 0.05) is 30.0 Å². The van der Waals surface area contributed by atoms with Crippen LogP contribution in [0.5, 0.6) is 11.8 Å². The zero-order valence-corrected chi connectivity index (χ0v) is 13.5. The van der Waals surface area contributed by atoms with Gasteiger partial charge in [0.25, 0.3) is 5.91 Å². The zero-order valence-electron chi connectivity index (χ0n) is 13.5. The lowest BCUT2D eigenvalue weighted by Gasteiger charge is -2.18. The summed E-state index contributed by atoms with van der Waals surface area (Å²) in [5, 5.41) is 0. The first-order valence-corrected chi connectivity index (χ1v) is 7.43. The number of hydrogen-bond donors (Lipinski definition) is 0. The topological polar surface area (TPSA) is 55.3 Å². The number of aromatic nitrogens is 2. The maximum atomic E-state index is 12.2. The van der Waals surface area contributed by atoms with Crippen LogP contribution in [-0.4, -0.2) is 33.9 Å². The lowest BCUT2D eigenvalue weighted by atomic mass is 10.2. The predicted octanol–water partition coefficient (Wildman–Crippen LogP) is 3.37. The minimum Gasteiger partial charge on any atom is -0.424 e. The van der Waals surface area contributed by atoms with E-state index >= 15 is 0 Å². The van der Waals surface area contributed by atoms with E-state index in [2.05, 4.69) is 9.97 Å². The Kier molecular flexibility index (Phi) is 5.09. The number of rotatable bonds is 5. The molecule has 1 amide bonds. The van der Waals surface area contributed by atoms with Gasteiger partial charge in [-0.05, 0) is 58.0 Å². The van der Waals surface area contributed by atoms with Crippen molar-refractivity contribution in [2.24, 2.45) is 0 Å². The van der Waals surface area contributed by atoms with Gasteiger partial charge < -0.3 is 9.64 Å². The molecule has 0 spiro atoms. The molecule has 0 atom stereocenters. The fraction of sp³-hybridized carbons (Fsp3) is 0.353. The third kappa shape index (κ3) is 3.81. The van der Waals surface area contributed by atoms with Gasteiger partial charge in [-0.3, -0.25) is 4.79 Å². The van der Waals surface area contributed by atoms with Crippen LogP contribution in [0.25, 0.3) is 0 Å². The van der Waals surface area contributed by atoms with Crippen molar-refractivity contribution in [3.63, 3.8) is 0 Å². The number of aryl methyl sites for hydroxylation is 2. The van der Waals surface area contributed by atoms with Crippen molar-refractivity contribution in [1.29, 1.82) is 0 Å². The molecule has 0 aliphatic heterocycles.